The number of ether oxygens (including phenoxy) is 2. The first-order chi connectivity index (χ1) is 15.5. The van der Waals surface area contributed by atoms with E-state index in [4.69, 9.17) is 14.5 Å². The minimum Gasteiger partial charge on any atom is -0.495 e. The van der Waals surface area contributed by atoms with E-state index in [1.165, 1.54) is 35.3 Å². The van der Waals surface area contributed by atoms with Crippen LogP contribution in [0.15, 0.2) is 30.3 Å². The molecule has 1 aromatic heterocycles. The van der Waals surface area contributed by atoms with E-state index in [0.717, 1.165) is 47.3 Å². The normalized spacial score (nSPS) is 12.9. The molecule has 0 fully saturated rings. The fourth-order valence-corrected chi connectivity index (χ4v) is 5.34. The lowest BCUT2D eigenvalue weighted by atomic mass is 9.90. The van der Waals surface area contributed by atoms with Gasteiger partial charge in [0.1, 0.15) is 21.7 Å². The summed E-state index contributed by atoms with van der Waals surface area (Å²) in [6, 6.07) is 9.92. The topological polar surface area (TPSA) is 54.9 Å². The van der Waals surface area contributed by atoms with Gasteiger partial charge >= 0.3 is 0 Å². The van der Waals surface area contributed by atoms with Gasteiger partial charge < -0.3 is 14.4 Å². The summed E-state index contributed by atoms with van der Waals surface area (Å²) < 4.78 is 11.9. The van der Waals surface area contributed by atoms with Crippen LogP contribution in [-0.2, 0) is 12.8 Å². The lowest BCUT2D eigenvalue weighted by molar-refractivity contribution is 0.0986. The lowest BCUT2D eigenvalue weighted by Crippen LogP contribution is -2.33. The molecule has 0 saturated carbocycles. The van der Waals surface area contributed by atoms with Crippen LogP contribution in [0.25, 0.3) is 10.2 Å². The van der Waals surface area contributed by atoms with Gasteiger partial charge in [-0.2, -0.15) is 0 Å². The van der Waals surface area contributed by atoms with E-state index < -0.39 is 0 Å². The number of amides is 1. The van der Waals surface area contributed by atoms with Crippen molar-refractivity contribution in [2.24, 2.45) is 0 Å². The second kappa shape index (κ2) is 11.2. The number of anilines is 1. The third-order valence-electron chi connectivity index (χ3n) is 5.96. The fraction of sp³-hybridized carbons (Fsp3) is 0.440. The largest absolute Gasteiger partial charge is 0.495 e. The molecule has 1 aliphatic rings. The first-order valence-corrected chi connectivity index (χ1v) is 11.9. The van der Waals surface area contributed by atoms with Crippen molar-refractivity contribution in [2.45, 2.75) is 32.1 Å². The molecule has 8 heteroatoms. The smallest absolute Gasteiger partial charge is 0.260 e. The van der Waals surface area contributed by atoms with Crippen molar-refractivity contribution < 1.29 is 14.3 Å². The maximum absolute atomic E-state index is 13.7. The van der Waals surface area contributed by atoms with Crippen molar-refractivity contribution in [3.05, 3.63) is 47.0 Å². The maximum atomic E-state index is 13.7. The van der Waals surface area contributed by atoms with Crippen LogP contribution < -0.4 is 14.4 Å². The van der Waals surface area contributed by atoms with Crippen molar-refractivity contribution in [3.63, 3.8) is 0 Å². The van der Waals surface area contributed by atoms with Crippen LogP contribution in [-0.4, -0.2) is 57.2 Å². The number of aromatic nitrogens is 1. The summed E-state index contributed by atoms with van der Waals surface area (Å²) in [6.07, 6.45) is 5.43. The highest BCUT2D eigenvalue weighted by atomic mass is 35.5. The first-order valence-electron chi connectivity index (χ1n) is 11.1. The predicted octanol–water partition coefficient (Wildman–Crippen LogP) is 5.21. The van der Waals surface area contributed by atoms with Crippen LogP contribution in [0.5, 0.6) is 11.5 Å². The van der Waals surface area contributed by atoms with Crippen LogP contribution in [0.2, 0.25) is 0 Å². The Bertz CT molecular complexity index is 1070. The molecule has 0 spiro atoms. The number of nitrogens with zero attached hydrogens (tertiary/aromatic N) is 3. The zero-order valence-corrected chi connectivity index (χ0v) is 21.4. The van der Waals surface area contributed by atoms with Gasteiger partial charge in [-0.3, -0.25) is 9.69 Å². The Morgan fingerprint density at radius 2 is 1.70 bits per heavy atom. The van der Waals surface area contributed by atoms with Gasteiger partial charge in [0.15, 0.2) is 5.13 Å². The Balaban J connectivity index is 0.00000306. The zero-order valence-electron chi connectivity index (χ0n) is 19.7. The summed E-state index contributed by atoms with van der Waals surface area (Å²) >= 11 is 1.47. The quantitative estimate of drug-likeness (QED) is 0.434. The summed E-state index contributed by atoms with van der Waals surface area (Å²) in [4.78, 5) is 22.5. The Labute approximate surface area is 205 Å². The number of halogens is 1. The van der Waals surface area contributed by atoms with Gasteiger partial charge in [-0.1, -0.05) is 17.4 Å². The number of carbonyl (C=O) groups is 1. The molecule has 4 rings (SSSR count). The standard InChI is InChI=1S/C25H31N3O3S.ClH/c1-27(2)14-7-15-28(24(29)19-11-10-17-8-5-6-9-18(17)16-19)25-26-22-20(30-3)12-13-21(31-4)23(22)32-25;/h10-13,16H,5-9,14-15H2,1-4H3;1H. The molecule has 0 atom stereocenters. The van der Waals surface area contributed by atoms with Crippen LogP contribution in [0, 0.1) is 0 Å². The Morgan fingerprint density at radius 3 is 2.39 bits per heavy atom. The molecule has 6 nitrogen and oxygen atoms in total. The number of hydrogen-bond donors (Lipinski definition) is 0. The summed E-state index contributed by atoms with van der Waals surface area (Å²) in [5.74, 6) is 1.41. The van der Waals surface area contributed by atoms with E-state index in [1.807, 2.05) is 37.2 Å². The molecule has 0 aliphatic heterocycles. The Kier molecular flexibility index (Phi) is 8.57. The van der Waals surface area contributed by atoms with Gasteiger partial charge in [-0.05, 0) is 88.1 Å². The molecule has 0 bridgehead atoms. The third-order valence-corrected chi connectivity index (χ3v) is 7.05. The molecule has 3 aromatic rings. The van der Waals surface area contributed by atoms with E-state index in [0.29, 0.717) is 17.4 Å². The molecule has 1 aliphatic carbocycles. The molecule has 0 unspecified atom stereocenters. The number of benzene rings is 2. The summed E-state index contributed by atoms with van der Waals surface area (Å²) in [5.41, 5.74) is 4.14. The van der Waals surface area contributed by atoms with E-state index >= 15 is 0 Å². The number of hydrogen-bond acceptors (Lipinski definition) is 6. The SMILES string of the molecule is COc1ccc(OC)c2sc(N(CCCN(C)C)C(=O)c3ccc4c(c3)CCCC4)nc12.Cl. The first kappa shape index (κ1) is 25.3. The number of fused-ring (bicyclic) bond motifs is 2. The molecule has 0 saturated heterocycles. The average Bonchev–Trinajstić information content (AvgIpc) is 3.25. The summed E-state index contributed by atoms with van der Waals surface area (Å²) in [6.45, 7) is 1.49. The fourth-order valence-electron chi connectivity index (χ4n) is 4.24. The molecule has 0 radical (unpaired) electrons. The summed E-state index contributed by atoms with van der Waals surface area (Å²) in [5, 5.41) is 0.671. The van der Waals surface area contributed by atoms with Gasteiger partial charge in [0, 0.05) is 12.1 Å². The number of aryl methyl sites for hydroxylation is 2. The minimum atomic E-state index is -0.00545. The van der Waals surface area contributed by atoms with Gasteiger partial charge in [-0.15, -0.1) is 12.4 Å². The van der Waals surface area contributed by atoms with Crippen LogP contribution in [0.4, 0.5) is 5.13 Å². The molecule has 33 heavy (non-hydrogen) atoms. The molecule has 0 N–H and O–H groups in total. The number of thiazole rings is 1. The summed E-state index contributed by atoms with van der Waals surface area (Å²) in [7, 11) is 7.37. The second-order valence-corrected chi connectivity index (χ2v) is 9.43. The van der Waals surface area contributed by atoms with E-state index in [9.17, 15) is 4.79 Å². The molecule has 178 valence electrons. The highest BCUT2D eigenvalue weighted by Crippen LogP contribution is 2.40. The third kappa shape index (κ3) is 5.42. The minimum absolute atomic E-state index is 0. The number of rotatable bonds is 8. The molecule has 2 aromatic carbocycles. The Morgan fingerprint density at radius 1 is 1.00 bits per heavy atom. The highest BCUT2D eigenvalue weighted by molar-refractivity contribution is 7.22. The van der Waals surface area contributed by atoms with Crippen LogP contribution in [0.1, 0.15) is 40.7 Å². The van der Waals surface area contributed by atoms with Crippen LogP contribution in [0.3, 0.4) is 0 Å². The van der Waals surface area contributed by atoms with Crippen molar-refractivity contribution in [2.75, 3.05) is 46.3 Å². The van der Waals surface area contributed by atoms with E-state index in [-0.39, 0.29) is 18.3 Å². The molecule has 1 heterocycles. The van der Waals surface area contributed by atoms with Crippen LogP contribution >= 0.6 is 23.7 Å². The van der Waals surface area contributed by atoms with Gasteiger partial charge in [-0.25, -0.2) is 4.98 Å². The second-order valence-electron chi connectivity index (χ2n) is 8.45. The van der Waals surface area contributed by atoms with Crippen molar-refractivity contribution >= 4 is 45.0 Å². The van der Waals surface area contributed by atoms with E-state index in [1.54, 1.807) is 14.2 Å². The van der Waals surface area contributed by atoms with E-state index in [2.05, 4.69) is 17.0 Å². The zero-order chi connectivity index (χ0) is 22.7. The Hall–Kier alpha value is -2.35. The molecular formula is C25H32ClN3O3S. The van der Waals surface area contributed by atoms with Gasteiger partial charge in [0.05, 0.1) is 14.2 Å². The number of carbonyl (C=O) groups excluding carboxylic acids is 1. The van der Waals surface area contributed by atoms with Crippen molar-refractivity contribution in [3.8, 4) is 11.5 Å². The van der Waals surface area contributed by atoms with Crippen molar-refractivity contribution in [1.29, 1.82) is 0 Å². The molecule has 1 amide bonds. The van der Waals surface area contributed by atoms with Gasteiger partial charge in [0.2, 0.25) is 0 Å². The monoisotopic (exact) mass is 489 g/mol. The maximum Gasteiger partial charge on any atom is 0.260 e. The van der Waals surface area contributed by atoms with Gasteiger partial charge in [0.25, 0.3) is 5.91 Å². The van der Waals surface area contributed by atoms with Crippen molar-refractivity contribution in [1.82, 2.24) is 9.88 Å². The number of methoxy groups -OCH3 is 2. The lowest BCUT2D eigenvalue weighted by Gasteiger charge is -2.22. The average molecular weight is 490 g/mol. The predicted molar refractivity (Wildman–Crippen MR) is 138 cm³/mol. The highest BCUT2D eigenvalue weighted by Gasteiger charge is 2.24. The molecular weight excluding hydrogens is 458 g/mol.